The van der Waals surface area contributed by atoms with Crippen molar-refractivity contribution in [2.75, 3.05) is 7.11 Å². The van der Waals surface area contributed by atoms with Gasteiger partial charge in [-0.1, -0.05) is 23.7 Å². The number of hydrogen-bond acceptors (Lipinski definition) is 5. The molecule has 0 bridgehead atoms. The fraction of sp³-hybridized carbons (Fsp3) is 0.211. The van der Waals surface area contributed by atoms with E-state index in [9.17, 15) is 9.59 Å². The minimum atomic E-state index is -0.474. The van der Waals surface area contributed by atoms with Crippen molar-refractivity contribution in [1.29, 1.82) is 0 Å². The van der Waals surface area contributed by atoms with Crippen LogP contribution in [0.1, 0.15) is 17.0 Å². The Hall–Kier alpha value is -2.86. The van der Waals surface area contributed by atoms with Gasteiger partial charge in [-0.3, -0.25) is 9.59 Å². The number of nitrogens with one attached hydrogen (secondary N) is 1. The Morgan fingerprint density at radius 2 is 2.08 bits per heavy atom. The number of benzene rings is 2. The molecule has 0 fully saturated rings. The van der Waals surface area contributed by atoms with Crippen molar-refractivity contribution in [1.82, 2.24) is 9.97 Å². The van der Waals surface area contributed by atoms with Crippen LogP contribution in [0.15, 0.2) is 41.2 Å². The number of esters is 1. The summed E-state index contributed by atoms with van der Waals surface area (Å²) in [5.74, 6) is 0.375. The van der Waals surface area contributed by atoms with Crippen LogP contribution in [0.2, 0.25) is 5.02 Å². The van der Waals surface area contributed by atoms with E-state index in [1.165, 1.54) is 7.11 Å². The number of carbonyl (C=O) groups is 1. The van der Waals surface area contributed by atoms with E-state index in [1.54, 1.807) is 30.3 Å². The Kier molecular flexibility index (Phi) is 5.23. The summed E-state index contributed by atoms with van der Waals surface area (Å²) in [4.78, 5) is 31.3. The van der Waals surface area contributed by atoms with Crippen molar-refractivity contribution in [3.05, 3.63) is 68.7 Å². The van der Waals surface area contributed by atoms with Crippen LogP contribution in [0.25, 0.3) is 10.9 Å². The van der Waals surface area contributed by atoms with Gasteiger partial charge in [-0.05, 0) is 36.8 Å². The van der Waals surface area contributed by atoms with Gasteiger partial charge in [0.2, 0.25) is 0 Å². The van der Waals surface area contributed by atoms with Gasteiger partial charge in [0, 0.05) is 10.6 Å². The van der Waals surface area contributed by atoms with Gasteiger partial charge in [-0.25, -0.2) is 4.98 Å². The van der Waals surface area contributed by atoms with Gasteiger partial charge in [0.15, 0.2) is 0 Å². The molecule has 0 spiro atoms. The third-order valence-corrected chi connectivity index (χ3v) is 4.17. The summed E-state index contributed by atoms with van der Waals surface area (Å²) in [7, 11) is 1.52. The molecular formula is C19H17ClN2O4. The van der Waals surface area contributed by atoms with E-state index >= 15 is 0 Å². The first-order valence-electron chi connectivity index (χ1n) is 7.94. The molecule has 0 aliphatic rings. The summed E-state index contributed by atoms with van der Waals surface area (Å²) in [6.07, 6.45) is 0.000570. The summed E-state index contributed by atoms with van der Waals surface area (Å²) in [5, 5.41) is 1.01. The number of aromatic nitrogens is 2. The van der Waals surface area contributed by atoms with Gasteiger partial charge in [0.1, 0.15) is 18.2 Å². The summed E-state index contributed by atoms with van der Waals surface area (Å²) in [6, 6.07) is 10.4. The summed E-state index contributed by atoms with van der Waals surface area (Å²) in [5.41, 5.74) is 1.84. The van der Waals surface area contributed by atoms with Crippen molar-refractivity contribution in [3.8, 4) is 5.75 Å². The molecule has 0 saturated heterocycles. The number of nitrogens with zero attached hydrogens (tertiary/aromatic N) is 1. The lowest BCUT2D eigenvalue weighted by Crippen LogP contribution is -2.15. The average Bonchev–Trinajstić information content (AvgIpc) is 2.61. The molecule has 2 aromatic carbocycles. The molecular weight excluding hydrogens is 356 g/mol. The fourth-order valence-corrected chi connectivity index (χ4v) is 2.86. The number of hydrogen-bond donors (Lipinski definition) is 1. The van der Waals surface area contributed by atoms with Crippen LogP contribution in [0.3, 0.4) is 0 Å². The lowest BCUT2D eigenvalue weighted by Gasteiger charge is -2.09. The molecule has 3 aromatic rings. The van der Waals surface area contributed by atoms with E-state index in [-0.39, 0.29) is 18.6 Å². The monoisotopic (exact) mass is 372 g/mol. The van der Waals surface area contributed by atoms with Crippen molar-refractivity contribution < 1.29 is 14.3 Å². The second-order valence-corrected chi connectivity index (χ2v) is 6.21. The zero-order chi connectivity index (χ0) is 18.7. The number of H-pyrrole nitrogens is 1. The lowest BCUT2D eigenvalue weighted by molar-refractivity contribution is -0.144. The highest BCUT2D eigenvalue weighted by atomic mass is 35.5. The number of aryl methyl sites for hydroxylation is 1. The normalized spacial score (nSPS) is 10.7. The van der Waals surface area contributed by atoms with E-state index in [1.807, 2.05) is 13.0 Å². The van der Waals surface area contributed by atoms with Crippen LogP contribution in [-0.2, 0) is 22.6 Å². The first kappa shape index (κ1) is 17.9. The number of methoxy groups -OCH3 is 1. The number of carbonyl (C=O) groups excluding carboxylic acids is 1. The maximum atomic E-state index is 12.1. The van der Waals surface area contributed by atoms with E-state index in [0.29, 0.717) is 33.1 Å². The van der Waals surface area contributed by atoms with Gasteiger partial charge in [0.25, 0.3) is 5.56 Å². The Labute approximate surface area is 154 Å². The molecule has 0 unspecified atom stereocenters. The molecule has 0 saturated carbocycles. The largest absolute Gasteiger partial charge is 0.496 e. The van der Waals surface area contributed by atoms with E-state index in [0.717, 1.165) is 5.56 Å². The maximum Gasteiger partial charge on any atom is 0.310 e. The van der Waals surface area contributed by atoms with Crippen LogP contribution in [0.4, 0.5) is 0 Å². The highest BCUT2D eigenvalue weighted by Gasteiger charge is 2.12. The molecule has 0 aliphatic carbocycles. The van der Waals surface area contributed by atoms with Crippen LogP contribution in [0, 0.1) is 6.92 Å². The second-order valence-electron chi connectivity index (χ2n) is 5.78. The molecule has 1 heterocycles. The first-order chi connectivity index (χ1) is 12.5. The minimum absolute atomic E-state index is 0.000570. The minimum Gasteiger partial charge on any atom is -0.496 e. The van der Waals surface area contributed by atoms with Crippen LogP contribution in [0.5, 0.6) is 5.75 Å². The van der Waals surface area contributed by atoms with Gasteiger partial charge >= 0.3 is 5.97 Å². The fourth-order valence-electron chi connectivity index (χ4n) is 2.66. The highest BCUT2D eigenvalue weighted by molar-refractivity contribution is 6.30. The number of para-hydroxylation sites is 1. The van der Waals surface area contributed by atoms with Crippen LogP contribution in [-0.4, -0.2) is 23.0 Å². The SMILES string of the molecule is COc1ccc(Cl)cc1CC(=O)OCc1nc2c(C)cccc2c(=O)[nH]1. The average molecular weight is 373 g/mol. The molecule has 0 radical (unpaired) electrons. The van der Waals surface area contributed by atoms with Crippen LogP contribution < -0.4 is 10.3 Å². The number of aromatic amines is 1. The van der Waals surface area contributed by atoms with Crippen molar-refractivity contribution in [2.45, 2.75) is 20.0 Å². The molecule has 6 nitrogen and oxygen atoms in total. The Morgan fingerprint density at radius 3 is 2.85 bits per heavy atom. The van der Waals surface area contributed by atoms with E-state index < -0.39 is 5.97 Å². The third-order valence-electron chi connectivity index (χ3n) is 3.93. The molecule has 0 aliphatic heterocycles. The number of fused-ring (bicyclic) bond motifs is 1. The van der Waals surface area contributed by atoms with Gasteiger partial charge < -0.3 is 14.5 Å². The van der Waals surface area contributed by atoms with Crippen molar-refractivity contribution >= 4 is 28.5 Å². The summed E-state index contributed by atoms with van der Waals surface area (Å²) in [6.45, 7) is 1.75. The Balaban J connectivity index is 1.74. The molecule has 0 amide bonds. The van der Waals surface area contributed by atoms with Gasteiger partial charge in [-0.15, -0.1) is 0 Å². The molecule has 3 rings (SSSR count). The standard InChI is InChI=1S/C19H17ClN2O4/c1-11-4-3-5-14-18(11)21-16(22-19(14)24)10-26-17(23)9-12-8-13(20)6-7-15(12)25-2/h3-8H,9-10H2,1-2H3,(H,21,22,24). The number of halogens is 1. The zero-order valence-corrected chi connectivity index (χ0v) is 15.1. The maximum absolute atomic E-state index is 12.1. The highest BCUT2D eigenvalue weighted by Crippen LogP contribution is 2.23. The van der Waals surface area contributed by atoms with Gasteiger partial charge in [-0.2, -0.15) is 0 Å². The third kappa shape index (κ3) is 3.86. The molecule has 26 heavy (non-hydrogen) atoms. The molecule has 0 atom stereocenters. The van der Waals surface area contributed by atoms with Crippen LogP contribution >= 0.6 is 11.6 Å². The molecule has 1 aromatic heterocycles. The number of ether oxygens (including phenoxy) is 2. The number of rotatable bonds is 5. The van der Waals surface area contributed by atoms with Gasteiger partial charge in [0.05, 0.1) is 24.4 Å². The molecule has 134 valence electrons. The Bertz CT molecular complexity index is 1030. The first-order valence-corrected chi connectivity index (χ1v) is 8.32. The quantitative estimate of drug-likeness (QED) is 0.695. The predicted octanol–water partition coefficient (Wildman–Crippen LogP) is 3.18. The zero-order valence-electron chi connectivity index (χ0n) is 14.3. The van der Waals surface area contributed by atoms with Crippen molar-refractivity contribution in [2.24, 2.45) is 0 Å². The predicted molar refractivity (Wildman–Crippen MR) is 98.6 cm³/mol. The Morgan fingerprint density at radius 1 is 1.27 bits per heavy atom. The summed E-state index contributed by atoms with van der Waals surface area (Å²) >= 11 is 5.96. The van der Waals surface area contributed by atoms with Crippen molar-refractivity contribution in [3.63, 3.8) is 0 Å². The summed E-state index contributed by atoms with van der Waals surface area (Å²) < 4.78 is 10.5. The molecule has 1 N–H and O–H groups in total. The van der Waals surface area contributed by atoms with E-state index in [2.05, 4.69) is 9.97 Å². The topological polar surface area (TPSA) is 81.3 Å². The van der Waals surface area contributed by atoms with E-state index in [4.69, 9.17) is 21.1 Å². The lowest BCUT2D eigenvalue weighted by atomic mass is 10.1. The second kappa shape index (κ2) is 7.58. The smallest absolute Gasteiger partial charge is 0.310 e. The molecule has 7 heteroatoms.